The van der Waals surface area contributed by atoms with Gasteiger partial charge in [0.05, 0.1) is 13.2 Å². The highest BCUT2D eigenvalue weighted by atomic mass is 19.1. The first-order valence-electron chi connectivity index (χ1n) is 10.2. The zero-order valence-corrected chi connectivity index (χ0v) is 18.0. The van der Waals surface area contributed by atoms with Gasteiger partial charge in [0.15, 0.2) is 5.60 Å². The first kappa shape index (κ1) is 22.0. The molecule has 160 valence electrons. The number of halogens is 1. The van der Waals surface area contributed by atoms with E-state index in [4.69, 9.17) is 4.74 Å². The normalized spacial score (nSPS) is 19.1. The fraction of sp³-hybridized carbons (Fsp3) is 0.417. The number of likely N-dealkylation sites (N-methyl/N-ethyl adjacent to an activating group) is 1. The number of carbonyl (C=O) groups excluding carboxylic acids is 2. The van der Waals surface area contributed by atoms with Gasteiger partial charge in [0.2, 0.25) is 5.91 Å². The third-order valence-corrected chi connectivity index (χ3v) is 5.44. The van der Waals surface area contributed by atoms with Crippen LogP contribution in [-0.2, 0) is 20.7 Å². The molecule has 5 nitrogen and oxygen atoms in total. The van der Waals surface area contributed by atoms with E-state index in [1.807, 2.05) is 38.1 Å². The maximum atomic E-state index is 13.4. The molecule has 1 aliphatic heterocycles. The van der Waals surface area contributed by atoms with Crippen molar-refractivity contribution < 1.29 is 18.7 Å². The van der Waals surface area contributed by atoms with Crippen LogP contribution in [-0.4, -0.2) is 61.0 Å². The molecule has 3 rings (SSSR count). The molecule has 6 heteroatoms. The number of nitrogens with zero attached hydrogens (tertiary/aromatic N) is 2. The van der Waals surface area contributed by atoms with Gasteiger partial charge in [0.1, 0.15) is 5.82 Å². The minimum absolute atomic E-state index is 0.0149. The van der Waals surface area contributed by atoms with E-state index < -0.39 is 5.60 Å². The number of morpholine rings is 1. The zero-order valence-electron chi connectivity index (χ0n) is 18.0. The summed E-state index contributed by atoms with van der Waals surface area (Å²) in [6, 6.07) is 14.0. The Kier molecular flexibility index (Phi) is 6.56. The average molecular weight is 413 g/mol. The van der Waals surface area contributed by atoms with Crippen molar-refractivity contribution in [3.8, 4) is 11.1 Å². The standard InChI is InChI=1S/C24H29FN2O3/c1-17(2)22(28)27-13-14-30-24(16-27,23(29)26(3)4)15-19-7-5-6-8-21(19)18-9-11-20(25)12-10-18/h5-12,17H,13-16H2,1-4H3/t24-/m0/s1. The topological polar surface area (TPSA) is 49.9 Å². The number of amides is 2. The van der Waals surface area contributed by atoms with Crippen molar-refractivity contribution >= 4 is 11.8 Å². The summed E-state index contributed by atoms with van der Waals surface area (Å²) in [5, 5.41) is 0. The quantitative estimate of drug-likeness (QED) is 0.757. The Hall–Kier alpha value is -2.73. The number of carbonyl (C=O) groups is 2. The number of rotatable bonds is 5. The third-order valence-electron chi connectivity index (χ3n) is 5.44. The van der Waals surface area contributed by atoms with E-state index in [1.54, 1.807) is 31.1 Å². The second kappa shape index (κ2) is 8.96. The highest BCUT2D eigenvalue weighted by Gasteiger charge is 2.46. The molecule has 1 aliphatic rings. The lowest BCUT2D eigenvalue weighted by molar-refractivity contribution is -0.173. The first-order valence-corrected chi connectivity index (χ1v) is 10.2. The Morgan fingerprint density at radius 2 is 1.80 bits per heavy atom. The highest BCUT2D eigenvalue weighted by molar-refractivity contribution is 5.88. The number of benzene rings is 2. The van der Waals surface area contributed by atoms with E-state index in [0.29, 0.717) is 19.6 Å². The molecule has 1 fully saturated rings. The monoisotopic (exact) mass is 412 g/mol. The summed E-state index contributed by atoms with van der Waals surface area (Å²) < 4.78 is 19.5. The summed E-state index contributed by atoms with van der Waals surface area (Å²) in [6.07, 6.45) is 0.319. The smallest absolute Gasteiger partial charge is 0.256 e. The van der Waals surface area contributed by atoms with Crippen molar-refractivity contribution in [2.45, 2.75) is 25.9 Å². The minimum Gasteiger partial charge on any atom is -0.361 e. The van der Waals surface area contributed by atoms with Crippen LogP contribution in [0.3, 0.4) is 0 Å². The lowest BCUT2D eigenvalue weighted by atomic mass is 9.86. The van der Waals surface area contributed by atoms with Gasteiger partial charge in [-0.25, -0.2) is 4.39 Å². The van der Waals surface area contributed by atoms with E-state index >= 15 is 0 Å². The summed E-state index contributed by atoms with van der Waals surface area (Å²) in [7, 11) is 3.39. The number of ether oxygens (including phenoxy) is 1. The summed E-state index contributed by atoms with van der Waals surface area (Å²) in [4.78, 5) is 29.2. The average Bonchev–Trinajstić information content (AvgIpc) is 2.73. The van der Waals surface area contributed by atoms with Crippen molar-refractivity contribution in [2.75, 3.05) is 33.8 Å². The fourth-order valence-corrected chi connectivity index (χ4v) is 3.95. The Morgan fingerprint density at radius 3 is 2.43 bits per heavy atom. The van der Waals surface area contributed by atoms with Gasteiger partial charge < -0.3 is 14.5 Å². The SMILES string of the molecule is CC(C)C(=O)N1CCO[C@](Cc2ccccc2-c2ccc(F)cc2)(C(=O)N(C)C)C1. The highest BCUT2D eigenvalue weighted by Crippen LogP contribution is 2.31. The van der Waals surface area contributed by atoms with E-state index in [-0.39, 0.29) is 30.1 Å². The lowest BCUT2D eigenvalue weighted by Gasteiger charge is -2.43. The van der Waals surface area contributed by atoms with Crippen LogP contribution >= 0.6 is 0 Å². The molecule has 30 heavy (non-hydrogen) atoms. The maximum Gasteiger partial charge on any atom is 0.256 e. The van der Waals surface area contributed by atoms with Crippen LogP contribution in [0.25, 0.3) is 11.1 Å². The van der Waals surface area contributed by atoms with Gasteiger partial charge in [-0.15, -0.1) is 0 Å². The molecule has 0 N–H and O–H groups in total. The molecule has 0 spiro atoms. The van der Waals surface area contributed by atoms with Crippen molar-refractivity contribution in [2.24, 2.45) is 5.92 Å². The molecular weight excluding hydrogens is 383 g/mol. The molecular formula is C24H29FN2O3. The van der Waals surface area contributed by atoms with Crippen LogP contribution in [0.1, 0.15) is 19.4 Å². The third kappa shape index (κ3) is 4.54. The molecule has 1 saturated heterocycles. The van der Waals surface area contributed by atoms with E-state index in [2.05, 4.69) is 0 Å². The van der Waals surface area contributed by atoms with Crippen LogP contribution < -0.4 is 0 Å². The molecule has 1 atom stereocenters. The number of hydrogen-bond acceptors (Lipinski definition) is 3. The van der Waals surface area contributed by atoms with E-state index in [1.165, 1.54) is 17.0 Å². The van der Waals surface area contributed by atoms with Gasteiger partial charge in [-0.05, 0) is 28.8 Å². The van der Waals surface area contributed by atoms with Crippen molar-refractivity contribution in [3.05, 3.63) is 59.9 Å². The van der Waals surface area contributed by atoms with Crippen LogP contribution in [0.5, 0.6) is 0 Å². The van der Waals surface area contributed by atoms with Gasteiger partial charge in [0, 0.05) is 33.0 Å². The second-order valence-electron chi connectivity index (χ2n) is 8.30. The summed E-state index contributed by atoms with van der Waals surface area (Å²) in [5.74, 6) is -0.602. The molecule has 0 saturated carbocycles. The molecule has 2 aromatic carbocycles. The summed E-state index contributed by atoms with van der Waals surface area (Å²) in [5.41, 5.74) is 1.53. The minimum atomic E-state index is -1.16. The Morgan fingerprint density at radius 1 is 1.13 bits per heavy atom. The van der Waals surface area contributed by atoms with Gasteiger partial charge in [-0.1, -0.05) is 50.2 Å². The van der Waals surface area contributed by atoms with Gasteiger partial charge in [-0.3, -0.25) is 9.59 Å². The molecule has 0 aliphatic carbocycles. The maximum absolute atomic E-state index is 13.4. The van der Waals surface area contributed by atoms with E-state index in [9.17, 15) is 14.0 Å². The van der Waals surface area contributed by atoms with E-state index in [0.717, 1.165) is 16.7 Å². The zero-order chi connectivity index (χ0) is 21.9. The first-order chi connectivity index (χ1) is 14.2. The lowest BCUT2D eigenvalue weighted by Crippen LogP contribution is -2.62. The Bertz CT molecular complexity index is 911. The van der Waals surface area contributed by atoms with Crippen molar-refractivity contribution in [1.29, 1.82) is 0 Å². The molecule has 0 aromatic heterocycles. The van der Waals surface area contributed by atoms with Gasteiger partial charge in [-0.2, -0.15) is 0 Å². The molecule has 2 amide bonds. The summed E-state index contributed by atoms with van der Waals surface area (Å²) >= 11 is 0. The predicted molar refractivity (Wildman–Crippen MR) is 114 cm³/mol. The second-order valence-corrected chi connectivity index (χ2v) is 8.30. The predicted octanol–water partition coefficient (Wildman–Crippen LogP) is 3.38. The summed E-state index contributed by atoms with van der Waals surface area (Å²) in [6.45, 7) is 4.70. The van der Waals surface area contributed by atoms with Crippen LogP contribution in [0, 0.1) is 11.7 Å². The molecule has 1 heterocycles. The van der Waals surface area contributed by atoms with Crippen molar-refractivity contribution in [3.63, 3.8) is 0 Å². The fourth-order valence-electron chi connectivity index (χ4n) is 3.95. The number of hydrogen-bond donors (Lipinski definition) is 0. The Balaban J connectivity index is 2.00. The Labute approximate surface area is 177 Å². The molecule has 0 bridgehead atoms. The largest absolute Gasteiger partial charge is 0.361 e. The molecule has 2 aromatic rings. The van der Waals surface area contributed by atoms with Crippen LogP contribution in [0.15, 0.2) is 48.5 Å². The van der Waals surface area contributed by atoms with Gasteiger partial charge >= 0.3 is 0 Å². The molecule has 0 unspecified atom stereocenters. The van der Waals surface area contributed by atoms with Gasteiger partial charge in [0.25, 0.3) is 5.91 Å². The van der Waals surface area contributed by atoms with Crippen LogP contribution in [0.2, 0.25) is 0 Å². The van der Waals surface area contributed by atoms with Crippen LogP contribution in [0.4, 0.5) is 4.39 Å². The molecule has 0 radical (unpaired) electrons. The van der Waals surface area contributed by atoms with Crippen molar-refractivity contribution in [1.82, 2.24) is 9.80 Å².